The molecule has 0 saturated carbocycles. The molecule has 0 bridgehead atoms. The number of aromatic nitrogens is 2. The highest BCUT2D eigenvalue weighted by Gasteiger charge is 2.49. The topological polar surface area (TPSA) is 493 Å². The van der Waals surface area contributed by atoms with E-state index in [0.29, 0.717) is 247 Å². The van der Waals surface area contributed by atoms with Crippen molar-refractivity contribution in [1.29, 1.82) is 0 Å². The summed E-state index contributed by atoms with van der Waals surface area (Å²) in [5, 5.41) is 30.7. The third kappa shape index (κ3) is 48.8. The third-order valence-corrected chi connectivity index (χ3v) is 18.5. The number of nitrogens with zero attached hydrogens (tertiary/aromatic N) is 4. The molecule has 0 aliphatic carbocycles. The average Bonchev–Trinajstić information content (AvgIpc) is 1.65. The highest BCUT2D eigenvalue weighted by Crippen LogP contribution is 2.45. The Kier molecular flexibility index (Phi) is 51.5. The SMILES string of the molecule is C=C1C[C@H](CCCCCC(=O)CCCOCCOCCOCCOCCOCCOCCOCCOCCOCCOCCOCCOCCC(=O)CCCCC[C@H](NC(=O)CCCCCNC(=O)CCC2(C)N=N2)C(=O)NCCCc2cn([C@@H]3O[C@H](COP(=O)(O)O)[C@H](OP(=O)(O)O)C3O)c(=O)nc2N)[C@H](C)N1. The van der Waals surface area contributed by atoms with Gasteiger partial charge in [0.15, 0.2) is 11.9 Å². The molecule has 109 heavy (non-hydrogen) atoms. The molecule has 2 saturated heterocycles. The molecule has 3 aliphatic rings. The number of carbonyl (C=O) groups excluding carboxylic acids is 5. The van der Waals surface area contributed by atoms with Gasteiger partial charge in [0.1, 0.15) is 41.7 Å². The molecule has 3 aliphatic heterocycles. The van der Waals surface area contributed by atoms with Crippen molar-refractivity contribution in [3.05, 3.63) is 34.5 Å². The van der Waals surface area contributed by atoms with Gasteiger partial charge in [-0.25, -0.2) is 13.9 Å². The molecule has 4 heterocycles. The van der Waals surface area contributed by atoms with E-state index in [9.17, 15) is 62.6 Å². The van der Waals surface area contributed by atoms with Gasteiger partial charge in [-0.05, 0) is 84.0 Å². The molecule has 7 atom stereocenters. The quantitative estimate of drug-likeness (QED) is 0.0328. The number of ether oxygens (including phenoxy) is 13. The lowest BCUT2D eigenvalue weighted by atomic mass is 9.94. The predicted molar refractivity (Wildman–Crippen MR) is 395 cm³/mol. The summed E-state index contributed by atoms with van der Waals surface area (Å²) < 4.78 is 105. The summed E-state index contributed by atoms with van der Waals surface area (Å²) in [7, 11) is -10.4. The molecule has 1 unspecified atom stereocenters. The first-order valence-electron chi connectivity index (χ1n) is 38.3. The van der Waals surface area contributed by atoms with E-state index in [-0.39, 0.29) is 74.2 Å². The fraction of sp³-hybridized carbons (Fsp3) is 0.843. The highest BCUT2D eigenvalue weighted by molar-refractivity contribution is 7.46. The van der Waals surface area contributed by atoms with Crippen molar-refractivity contribution in [1.82, 2.24) is 30.8 Å². The van der Waals surface area contributed by atoms with Gasteiger partial charge in [0.25, 0.3) is 0 Å². The van der Waals surface area contributed by atoms with E-state index in [2.05, 4.69) is 59.0 Å². The van der Waals surface area contributed by atoms with Crippen LogP contribution in [0.3, 0.4) is 0 Å². The van der Waals surface area contributed by atoms with Crippen molar-refractivity contribution >= 4 is 50.8 Å². The molecule has 0 spiro atoms. The Labute approximate surface area is 639 Å². The number of carbonyl (C=O) groups is 5. The highest BCUT2D eigenvalue weighted by atomic mass is 31.2. The van der Waals surface area contributed by atoms with Gasteiger partial charge in [0.2, 0.25) is 17.7 Å². The van der Waals surface area contributed by atoms with Gasteiger partial charge >= 0.3 is 21.3 Å². The molecule has 11 N–H and O–H groups in total. The van der Waals surface area contributed by atoms with Crippen LogP contribution in [-0.2, 0) is 110 Å². The summed E-state index contributed by atoms with van der Waals surface area (Å²) >= 11 is 0. The lowest BCUT2D eigenvalue weighted by Crippen LogP contribution is -2.47. The van der Waals surface area contributed by atoms with Gasteiger partial charge in [-0.2, -0.15) is 15.2 Å². The molecular weight excluding hydrogens is 1480 g/mol. The summed E-state index contributed by atoms with van der Waals surface area (Å²) in [6.07, 6.45) is 6.90. The van der Waals surface area contributed by atoms with E-state index < -0.39 is 70.1 Å². The van der Waals surface area contributed by atoms with Crippen molar-refractivity contribution in [3.63, 3.8) is 0 Å². The number of aryl methyl sites for hydroxylation is 1. The van der Waals surface area contributed by atoms with Crippen molar-refractivity contribution in [3.8, 4) is 0 Å². The first kappa shape index (κ1) is 96.6. The van der Waals surface area contributed by atoms with Gasteiger partial charge in [-0.15, -0.1) is 0 Å². The van der Waals surface area contributed by atoms with Crippen LogP contribution in [0.25, 0.3) is 0 Å². The number of allylic oxidation sites excluding steroid dienone is 1. The largest absolute Gasteiger partial charge is 0.470 e. The van der Waals surface area contributed by atoms with Crippen LogP contribution >= 0.6 is 15.6 Å². The van der Waals surface area contributed by atoms with Crippen molar-refractivity contribution in [2.24, 2.45) is 16.1 Å². The first-order chi connectivity index (χ1) is 52.4. The summed E-state index contributed by atoms with van der Waals surface area (Å²) in [6, 6.07) is -0.412. The predicted octanol–water partition coefficient (Wildman–Crippen LogP) is 3.76. The van der Waals surface area contributed by atoms with Gasteiger partial charge in [-0.3, -0.25) is 37.6 Å². The summed E-state index contributed by atoms with van der Waals surface area (Å²) in [5.41, 5.74) is 5.93. The molecule has 3 amide bonds. The first-order valence-corrected chi connectivity index (χ1v) is 41.3. The molecule has 37 nitrogen and oxygen atoms in total. The van der Waals surface area contributed by atoms with Crippen LogP contribution in [0.2, 0.25) is 0 Å². The lowest BCUT2D eigenvalue weighted by Gasteiger charge is -2.21. The van der Waals surface area contributed by atoms with Crippen LogP contribution in [0.5, 0.6) is 0 Å². The monoisotopic (exact) mass is 1600 g/mol. The standard InChI is InChI=1S/C70H125N9O28P2/c1-54-51-56(55(2)74-54)15-7-4-8-17-58(80)19-14-27-93-29-31-95-33-35-97-37-39-99-41-43-101-45-47-103-49-50-104-48-46-102-44-42-100-40-38-98-36-34-96-32-30-94-28-23-59(81)18-9-5-10-20-60(75-63(83)21-11-6-12-25-72-62(82)22-24-70(3)77-78-70)67(85)73-26-13-16-57-52-79(69(86)76-66(57)71)68-64(84)65(107-109(90,91)92)61(106-68)53-105-108(87,88)89/h52,55-56,60-61,64-65,68,74,84H,1,4-51,53H2,2-3H3,(H,72,82)(H,73,85)(H,75,83)(H2,71,76,86)(H2,87,88,89)(H2,90,91,92)/t55-,56-,60-,61+,64?,65-,68+/m0/s1. The number of aliphatic hydroxyl groups excluding tert-OH is 1. The Morgan fingerprint density at radius 2 is 1.07 bits per heavy atom. The van der Waals surface area contributed by atoms with E-state index in [0.717, 1.165) is 35.9 Å². The normalized spacial score (nSPS) is 18.5. The molecule has 39 heteroatoms. The maximum atomic E-state index is 13.6. The molecular formula is C70H125N9O28P2. The summed E-state index contributed by atoms with van der Waals surface area (Å²) in [5.74, 6) is -0.115. The van der Waals surface area contributed by atoms with Crippen molar-refractivity contribution in [2.75, 3.05) is 184 Å². The number of Topliss-reactive ketones (excluding diaryl/α,β-unsaturated/α-hetero) is 2. The van der Waals surface area contributed by atoms with E-state index in [1.54, 1.807) is 0 Å². The van der Waals surface area contributed by atoms with Gasteiger partial charge < -0.3 is 113 Å². The molecule has 628 valence electrons. The van der Waals surface area contributed by atoms with Crippen molar-refractivity contribution in [2.45, 2.75) is 197 Å². The van der Waals surface area contributed by atoms with Gasteiger partial charge in [-0.1, -0.05) is 38.7 Å². The Balaban J connectivity index is 0.914. The number of hydrogen-bond donors (Lipinski definition) is 10. The maximum Gasteiger partial charge on any atom is 0.470 e. The van der Waals surface area contributed by atoms with Crippen LogP contribution in [0, 0.1) is 5.92 Å². The van der Waals surface area contributed by atoms with E-state index in [1.165, 1.54) is 19.0 Å². The average molecular weight is 1600 g/mol. The number of nitrogens with one attached hydrogen (secondary N) is 4. The Hall–Kier alpha value is -4.77. The number of hydrogen-bond acceptors (Lipinski definition) is 29. The Bertz CT molecular complexity index is 2890. The smallest absolute Gasteiger partial charge is 0.386 e. The zero-order valence-electron chi connectivity index (χ0n) is 63.9. The van der Waals surface area contributed by atoms with Crippen LogP contribution in [0.15, 0.2) is 33.5 Å². The molecule has 1 aromatic rings. The summed E-state index contributed by atoms with van der Waals surface area (Å²) in [6.45, 7) is 17.8. The third-order valence-electron chi connectivity index (χ3n) is 17.5. The minimum absolute atomic E-state index is 0.0174. The number of anilines is 1. The number of ketones is 2. The Morgan fingerprint density at radius 1 is 0.606 bits per heavy atom. The van der Waals surface area contributed by atoms with Crippen molar-refractivity contribution < 1.29 is 128 Å². The second-order valence-electron chi connectivity index (χ2n) is 26.8. The van der Waals surface area contributed by atoms with Crippen LogP contribution in [0.1, 0.15) is 160 Å². The fourth-order valence-electron chi connectivity index (χ4n) is 11.5. The van der Waals surface area contributed by atoms with E-state index >= 15 is 0 Å². The van der Waals surface area contributed by atoms with Crippen LogP contribution in [-0.4, -0.2) is 278 Å². The number of nitrogen functional groups attached to an aromatic ring is 1. The molecule has 0 radical (unpaired) electrons. The molecule has 2 fully saturated rings. The number of aliphatic hydroxyl groups is 1. The number of nitrogens with two attached hydrogens (primary N) is 1. The number of phosphoric ester groups is 2. The maximum absolute atomic E-state index is 13.6. The molecule has 1 aromatic heterocycles. The zero-order chi connectivity index (χ0) is 79.2. The van der Waals surface area contributed by atoms with E-state index in [4.69, 9.17) is 67.3 Å². The van der Waals surface area contributed by atoms with E-state index in [1.807, 2.05) is 6.92 Å². The zero-order valence-corrected chi connectivity index (χ0v) is 65.6. The van der Waals surface area contributed by atoms with Gasteiger partial charge in [0.05, 0.1) is 159 Å². The van der Waals surface area contributed by atoms with Crippen LogP contribution in [0.4, 0.5) is 5.82 Å². The number of unbranched alkanes of at least 4 members (excludes halogenated alkanes) is 6. The minimum Gasteiger partial charge on any atom is -0.386 e. The number of rotatable bonds is 73. The Morgan fingerprint density at radius 3 is 1.57 bits per heavy atom. The second-order valence-corrected chi connectivity index (χ2v) is 29.2. The second kappa shape index (κ2) is 58.1. The fourth-order valence-corrected chi connectivity index (χ4v) is 12.4. The minimum atomic E-state index is -5.31. The van der Waals surface area contributed by atoms with Gasteiger partial charge in [0, 0.05) is 88.1 Å². The molecule has 0 aromatic carbocycles. The molecule has 4 rings (SSSR count). The van der Waals surface area contributed by atoms with Crippen LogP contribution < -0.4 is 32.7 Å². The number of phosphoric acid groups is 2. The summed E-state index contributed by atoms with van der Waals surface area (Å²) in [4.78, 5) is 118. The lowest BCUT2D eigenvalue weighted by molar-refractivity contribution is -0.129. The number of amides is 3.